The van der Waals surface area contributed by atoms with Crippen molar-refractivity contribution < 1.29 is 5.11 Å². The van der Waals surface area contributed by atoms with E-state index in [1.165, 1.54) is 23.0 Å². The fourth-order valence-electron chi connectivity index (χ4n) is 2.73. The van der Waals surface area contributed by atoms with Crippen LogP contribution in [-0.4, -0.2) is 19.2 Å². The Morgan fingerprint density at radius 2 is 2.04 bits per heavy atom. The number of nitrogens with zero attached hydrogens (tertiary/aromatic N) is 3. The van der Waals surface area contributed by atoms with Crippen LogP contribution in [0.25, 0.3) is 21.8 Å². The van der Waals surface area contributed by atoms with Gasteiger partial charge in [0.25, 0.3) is 5.56 Å². The van der Waals surface area contributed by atoms with Gasteiger partial charge in [0.1, 0.15) is 22.1 Å². The van der Waals surface area contributed by atoms with Gasteiger partial charge >= 0.3 is 5.69 Å². The molecule has 136 valence electrons. The Kier molecular flexibility index (Phi) is 4.69. The highest BCUT2D eigenvalue weighted by molar-refractivity contribution is 7.13. The van der Waals surface area contributed by atoms with Crippen LogP contribution in [0.15, 0.2) is 39.2 Å². The van der Waals surface area contributed by atoms with E-state index in [2.05, 4.69) is 4.98 Å². The Balaban J connectivity index is 2.17. The molecule has 0 saturated heterocycles. The zero-order chi connectivity index (χ0) is 19.0. The lowest BCUT2D eigenvalue weighted by Gasteiger charge is -2.15. The van der Waals surface area contributed by atoms with Crippen LogP contribution in [0.1, 0.15) is 13.8 Å². The Hall–Kier alpha value is -2.87. The van der Waals surface area contributed by atoms with Gasteiger partial charge in [0, 0.05) is 24.5 Å². The van der Waals surface area contributed by atoms with E-state index in [1.807, 2.05) is 19.9 Å². The normalized spacial score (nSPS) is 11.2. The van der Waals surface area contributed by atoms with Crippen molar-refractivity contribution in [1.82, 2.24) is 14.1 Å². The van der Waals surface area contributed by atoms with Gasteiger partial charge in [0.05, 0.1) is 5.69 Å². The van der Waals surface area contributed by atoms with E-state index in [0.717, 1.165) is 10.1 Å². The first-order valence-corrected chi connectivity index (χ1v) is 9.02. The summed E-state index contributed by atoms with van der Waals surface area (Å²) in [5, 5.41) is 12.0. The second-order valence-corrected chi connectivity index (χ2v) is 7.36. The molecule has 26 heavy (non-hydrogen) atoms. The number of rotatable bonds is 4. The molecular formula is C18H20N4O3S. The molecule has 3 aromatic rings. The van der Waals surface area contributed by atoms with Gasteiger partial charge in [-0.15, -0.1) is 11.3 Å². The highest BCUT2D eigenvalue weighted by atomic mass is 32.1. The smallest absolute Gasteiger partial charge is 0.332 e. The molecule has 2 aromatic heterocycles. The molecule has 0 fully saturated rings. The number of phenolic OH excluding ortho intramolecular Hbond substituents is 1. The maximum atomic E-state index is 12.6. The van der Waals surface area contributed by atoms with Crippen molar-refractivity contribution in [3.8, 4) is 27.6 Å². The van der Waals surface area contributed by atoms with Gasteiger partial charge in [-0.2, -0.15) is 0 Å². The summed E-state index contributed by atoms with van der Waals surface area (Å²) in [6.07, 6.45) is 0. The number of anilines is 1. The summed E-state index contributed by atoms with van der Waals surface area (Å²) < 4.78 is 2.47. The minimum Gasteiger partial charge on any atom is -0.508 e. The minimum atomic E-state index is -0.472. The lowest BCUT2D eigenvalue weighted by Crippen LogP contribution is -2.41. The second-order valence-electron chi connectivity index (χ2n) is 6.50. The van der Waals surface area contributed by atoms with Crippen LogP contribution in [0.4, 0.5) is 5.82 Å². The van der Waals surface area contributed by atoms with Crippen LogP contribution in [0.5, 0.6) is 5.75 Å². The summed E-state index contributed by atoms with van der Waals surface area (Å²) in [6, 6.07) is 6.72. The lowest BCUT2D eigenvalue weighted by atomic mass is 10.2. The molecule has 0 aliphatic heterocycles. The molecule has 0 radical (unpaired) electrons. The van der Waals surface area contributed by atoms with Crippen molar-refractivity contribution in [3.63, 3.8) is 0 Å². The van der Waals surface area contributed by atoms with Crippen molar-refractivity contribution in [2.45, 2.75) is 20.4 Å². The van der Waals surface area contributed by atoms with Gasteiger partial charge in [0.15, 0.2) is 0 Å². The van der Waals surface area contributed by atoms with Crippen LogP contribution >= 0.6 is 11.3 Å². The number of hydrogen-bond acceptors (Lipinski definition) is 6. The fourth-order valence-corrected chi connectivity index (χ4v) is 3.53. The summed E-state index contributed by atoms with van der Waals surface area (Å²) >= 11 is 1.34. The van der Waals surface area contributed by atoms with Crippen LogP contribution in [0, 0.1) is 5.92 Å². The van der Waals surface area contributed by atoms with Crippen LogP contribution in [-0.2, 0) is 13.6 Å². The maximum absolute atomic E-state index is 12.6. The molecule has 7 nitrogen and oxygen atoms in total. The lowest BCUT2D eigenvalue weighted by molar-refractivity contribution is 0.475. The highest BCUT2D eigenvalue weighted by Gasteiger charge is 2.20. The molecule has 3 rings (SSSR count). The third-order valence-electron chi connectivity index (χ3n) is 3.98. The van der Waals surface area contributed by atoms with E-state index in [1.54, 1.807) is 23.6 Å². The molecule has 0 bridgehead atoms. The second kappa shape index (κ2) is 6.80. The van der Waals surface area contributed by atoms with Gasteiger partial charge < -0.3 is 10.8 Å². The molecule has 0 unspecified atom stereocenters. The summed E-state index contributed by atoms with van der Waals surface area (Å²) in [5.74, 6) is 0.457. The standard InChI is InChI=1S/C18H20N4O3S/c1-10(2)8-22-15(19)14(17(24)21(3)18(22)25)13-9-26-16(20-13)11-5-4-6-12(23)7-11/h4-7,9-10,23H,8,19H2,1-3H3. The SMILES string of the molecule is CC(C)Cn1c(N)c(-c2csc(-c3cccc(O)c3)n2)c(=O)n(C)c1=O. The molecule has 3 N–H and O–H groups in total. The Morgan fingerprint density at radius 3 is 2.69 bits per heavy atom. The van der Waals surface area contributed by atoms with Crippen LogP contribution < -0.4 is 17.0 Å². The topological polar surface area (TPSA) is 103 Å². The number of nitrogens with two attached hydrogens (primary N) is 1. The number of aromatic hydroxyl groups is 1. The molecule has 0 aliphatic carbocycles. The summed E-state index contributed by atoms with van der Waals surface area (Å²) in [4.78, 5) is 29.5. The number of benzene rings is 1. The third kappa shape index (κ3) is 3.15. The average Bonchev–Trinajstić information content (AvgIpc) is 3.06. The van der Waals surface area contributed by atoms with Crippen molar-refractivity contribution in [3.05, 3.63) is 50.5 Å². The molecule has 2 heterocycles. The number of nitrogen functional groups attached to an aromatic ring is 1. The number of phenols is 1. The first-order valence-electron chi connectivity index (χ1n) is 8.14. The van der Waals surface area contributed by atoms with Gasteiger partial charge in [-0.3, -0.25) is 13.9 Å². The molecule has 1 aromatic carbocycles. The highest BCUT2D eigenvalue weighted by Crippen LogP contribution is 2.31. The summed E-state index contributed by atoms with van der Waals surface area (Å²) in [7, 11) is 1.44. The predicted octanol–water partition coefficient (Wildman–Crippen LogP) is 2.28. The van der Waals surface area contributed by atoms with E-state index >= 15 is 0 Å². The van der Waals surface area contributed by atoms with Crippen LogP contribution in [0.3, 0.4) is 0 Å². The van der Waals surface area contributed by atoms with Crippen molar-refractivity contribution >= 4 is 17.2 Å². The van der Waals surface area contributed by atoms with E-state index in [-0.39, 0.29) is 23.0 Å². The fraction of sp³-hybridized carbons (Fsp3) is 0.278. The van der Waals surface area contributed by atoms with E-state index in [9.17, 15) is 14.7 Å². The average molecular weight is 372 g/mol. The van der Waals surface area contributed by atoms with Gasteiger partial charge in [-0.05, 0) is 18.1 Å². The van der Waals surface area contributed by atoms with Crippen molar-refractivity contribution in [2.24, 2.45) is 13.0 Å². The molecule has 0 amide bonds. The minimum absolute atomic E-state index is 0.125. The Morgan fingerprint density at radius 1 is 1.31 bits per heavy atom. The number of aromatic nitrogens is 3. The summed E-state index contributed by atoms with van der Waals surface area (Å²) in [6.45, 7) is 4.36. The van der Waals surface area contributed by atoms with E-state index in [4.69, 9.17) is 5.73 Å². The Bertz CT molecular complexity index is 1080. The number of hydrogen-bond donors (Lipinski definition) is 2. The quantitative estimate of drug-likeness (QED) is 0.731. The zero-order valence-corrected chi connectivity index (χ0v) is 15.6. The van der Waals surface area contributed by atoms with Crippen molar-refractivity contribution in [1.29, 1.82) is 0 Å². The maximum Gasteiger partial charge on any atom is 0.332 e. The van der Waals surface area contributed by atoms with E-state index < -0.39 is 11.2 Å². The molecule has 8 heteroatoms. The Labute approximate surface area is 154 Å². The van der Waals surface area contributed by atoms with E-state index in [0.29, 0.717) is 17.2 Å². The van der Waals surface area contributed by atoms with Gasteiger partial charge in [-0.25, -0.2) is 9.78 Å². The van der Waals surface area contributed by atoms with Crippen LogP contribution in [0.2, 0.25) is 0 Å². The number of thiazole rings is 1. The molecular weight excluding hydrogens is 352 g/mol. The van der Waals surface area contributed by atoms with Gasteiger partial charge in [-0.1, -0.05) is 26.0 Å². The summed E-state index contributed by atoms with van der Waals surface area (Å²) in [5.41, 5.74) is 6.65. The molecule has 0 atom stereocenters. The first kappa shape index (κ1) is 17.9. The monoisotopic (exact) mass is 372 g/mol. The molecule has 0 spiro atoms. The largest absolute Gasteiger partial charge is 0.508 e. The van der Waals surface area contributed by atoms with Gasteiger partial charge in [0.2, 0.25) is 0 Å². The van der Waals surface area contributed by atoms with Crippen molar-refractivity contribution in [2.75, 3.05) is 5.73 Å². The zero-order valence-electron chi connectivity index (χ0n) is 14.8. The predicted molar refractivity (Wildman–Crippen MR) is 103 cm³/mol. The molecule has 0 aliphatic rings. The first-order chi connectivity index (χ1) is 12.3. The molecule has 0 saturated carbocycles. The third-order valence-corrected chi connectivity index (χ3v) is 4.88.